The van der Waals surface area contributed by atoms with Crippen molar-refractivity contribution in [3.05, 3.63) is 120 Å². The van der Waals surface area contributed by atoms with Crippen molar-refractivity contribution >= 4 is 58.3 Å². The van der Waals surface area contributed by atoms with E-state index in [4.69, 9.17) is 11.6 Å². The lowest BCUT2D eigenvalue weighted by atomic mass is 10.1. The number of benzene rings is 1. The van der Waals surface area contributed by atoms with Gasteiger partial charge in [0.05, 0.1) is 17.1 Å². The minimum absolute atomic E-state index is 0. The van der Waals surface area contributed by atoms with Crippen LogP contribution in [-0.2, 0) is 12.4 Å². The highest BCUT2D eigenvalue weighted by molar-refractivity contribution is 6.29. The molecule has 2 N–H and O–H groups in total. The van der Waals surface area contributed by atoms with Gasteiger partial charge in [0.15, 0.2) is 16.4 Å². The van der Waals surface area contributed by atoms with E-state index in [1.54, 1.807) is 29.2 Å². The van der Waals surface area contributed by atoms with Gasteiger partial charge in [-0.3, -0.25) is 0 Å². The van der Waals surface area contributed by atoms with E-state index < -0.39 is 23.7 Å². The molecule has 48 heavy (non-hydrogen) atoms. The molecular formula is C30H20Cl2F6N10. The van der Waals surface area contributed by atoms with Gasteiger partial charge >= 0.3 is 12.4 Å². The molecule has 0 spiro atoms. The monoisotopic (exact) mass is 704 g/mol. The second kappa shape index (κ2) is 13.7. The highest BCUT2D eigenvalue weighted by Gasteiger charge is 2.33. The van der Waals surface area contributed by atoms with Gasteiger partial charge in [0.25, 0.3) is 0 Å². The van der Waals surface area contributed by atoms with E-state index in [1.165, 1.54) is 41.0 Å². The second-order valence-corrected chi connectivity index (χ2v) is 10.0. The Labute approximate surface area is 277 Å². The van der Waals surface area contributed by atoms with E-state index in [2.05, 4.69) is 40.8 Å². The Kier molecular flexibility index (Phi) is 9.67. The summed E-state index contributed by atoms with van der Waals surface area (Å²) >= 11 is 5.85. The number of rotatable bonds is 5. The summed E-state index contributed by atoms with van der Waals surface area (Å²) in [6, 6.07) is 20.0. The Bertz CT molecular complexity index is 2170. The second-order valence-electron chi connectivity index (χ2n) is 9.64. The molecule has 6 heterocycles. The Hall–Kier alpha value is -5.48. The summed E-state index contributed by atoms with van der Waals surface area (Å²) in [5, 5.41) is 14.3. The Morgan fingerprint density at radius 3 is 1.62 bits per heavy atom. The average Bonchev–Trinajstić information content (AvgIpc) is 3.71. The van der Waals surface area contributed by atoms with Crippen molar-refractivity contribution in [2.24, 2.45) is 0 Å². The molecule has 0 aliphatic heterocycles. The molecule has 18 heteroatoms. The van der Waals surface area contributed by atoms with Gasteiger partial charge in [0.2, 0.25) is 0 Å². The molecule has 0 aliphatic rings. The van der Waals surface area contributed by atoms with Gasteiger partial charge in [-0.25, -0.2) is 29.0 Å². The molecule has 0 saturated heterocycles. The number of fused-ring (bicyclic) bond motifs is 2. The van der Waals surface area contributed by atoms with E-state index in [0.29, 0.717) is 28.4 Å². The number of hydrogen-bond donors (Lipinski definition) is 2. The molecule has 0 radical (unpaired) electrons. The van der Waals surface area contributed by atoms with E-state index >= 15 is 0 Å². The zero-order valence-corrected chi connectivity index (χ0v) is 25.5. The fourth-order valence-electron chi connectivity index (χ4n) is 4.34. The molecule has 7 aromatic rings. The lowest BCUT2D eigenvalue weighted by Gasteiger charge is -2.11. The summed E-state index contributed by atoms with van der Waals surface area (Å²) in [5.74, 6) is 0.118. The Balaban J connectivity index is 0.000000188. The van der Waals surface area contributed by atoms with Gasteiger partial charge in [-0.2, -0.15) is 36.5 Å². The first-order chi connectivity index (χ1) is 22.4. The first-order valence-electron chi connectivity index (χ1n) is 13.5. The average molecular weight is 705 g/mol. The maximum absolute atomic E-state index is 12.9. The first-order valence-corrected chi connectivity index (χ1v) is 13.8. The van der Waals surface area contributed by atoms with Crippen LogP contribution in [0.3, 0.4) is 0 Å². The van der Waals surface area contributed by atoms with E-state index in [9.17, 15) is 26.3 Å². The maximum atomic E-state index is 12.9. The van der Waals surface area contributed by atoms with Gasteiger partial charge in [-0.05, 0) is 30.3 Å². The molecule has 0 amide bonds. The predicted molar refractivity (Wildman–Crippen MR) is 169 cm³/mol. The summed E-state index contributed by atoms with van der Waals surface area (Å²) in [6.45, 7) is 0. The predicted octanol–water partition coefficient (Wildman–Crippen LogP) is 8.52. The maximum Gasteiger partial charge on any atom is 0.433 e. The highest BCUT2D eigenvalue weighted by Crippen LogP contribution is 2.31. The van der Waals surface area contributed by atoms with Crippen molar-refractivity contribution in [3.63, 3.8) is 0 Å². The molecule has 6 aromatic heterocycles. The summed E-state index contributed by atoms with van der Waals surface area (Å²) in [6.07, 6.45) is -2.69. The van der Waals surface area contributed by atoms with Gasteiger partial charge in [-0.1, -0.05) is 54.1 Å². The van der Waals surface area contributed by atoms with Crippen molar-refractivity contribution in [1.29, 1.82) is 0 Å². The molecule has 0 saturated carbocycles. The third kappa shape index (κ3) is 7.72. The third-order valence-corrected chi connectivity index (χ3v) is 6.55. The third-order valence-electron chi connectivity index (χ3n) is 6.36. The van der Waals surface area contributed by atoms with Crippen LogP contribution in [0, 0.1) is 0 Å². The minimum atomic E-state index is -4.51. The van der Waals surface area contributed by atoms with Crippen LogP contribution in [-0.4, -0.2) is 39.2 Å². The molecule has 10 nitrogen and oxygen atoms in total. The normalized spacial score (nSPS) is 11.5. The zero-order chi connectivity index (χ0) is 33.2. The van der Waals surface area contributed by atoms with E-state index in [1.807, 2.05) is 30.3 Å². The molecule has 0 bridgehead atoms. The van der Waals surface area contributed by atoms with Crippen LogP contribution in [0.15, 0.2) is 104 Å². The standard InChI is InChI=1S/C18H12F3N5.C12H7ClF3N5.ClH/c19-18(20,21)15-7-4-8-16(24-15)23-14-11-13(12-5-2-1-3-6-12)25-26-10-9-22-17(14)26;13-9-6-7(11-17-4-5-21(11)20-9)18-10-3-1-2-8(19-10)12(14,15)16;/h1-11H,(H,23,24);1-6H,(H,18,19);1H. The molecule has 246 valence electrons. The molecule has 0 fully saturated rings. The number of imidazole rings is 2. The molecule has 0 aliphatic carbocycles. The van der Waals surface area contributed by atoms with Crippen LogP contribution in [0.25, 0.3) is 22.6 Å². The summed E-state index contributed by atoms with van der Waals surface area (Å²) in [5.41, 5.74) is 1.44. The molecule has 7 rings (SSSR count). The number of aromatic nitrogens is 8. The van der Waals surface area contributed by atoms with Crippen molar-refractivity contribution in [2.45, 2.75) is 12.4 Å². The highest BCUT2D eigenvalue weighted by atomic mass is 35.5. The van der Waals surface area contributed by atoms with Crippen LogP contribution >= 0.6 is 24.0 Å². The van der Waals surface area contributed by atoms with Gasteiger partial charge in [0.1, 0.15) is 23.0 Å². The van der Waals surface area contributed by atoms with Crippen molar-refractivity contribution in [3.8, 4) is 11.3 Å². The Morgan fingerprint density at radius 2 is 1.10 bits per heavy atom. The smallest absolute Gasteiger partial charge is 0.337 e. The lowest BCUT2D eigenvalue weighted by molar-refractivity contribution is -0.141. The fraction of sp³-hybridized carbons (Fsp3) is 0.0667. The van der Waals surface area contributed by atoms with Crippen molar-refractivity contribution in [2.75, 3.05) is 10.6 Å². The number of nitrogens with zero attached hydrogens (tertiary/aromatic N) is 8. The SMILES string of the molecule is Cl.FC(F)(F)c1cccc(Nc2cc(-c3ccccc3)nn3ccnc23)n1.FC(F)(F)c1cccc(Nc2cc(Cl)nn3ccnc23)n1. The minimum Gasteiger partial charge on any atom is -0.337 e. The number of halogens is 8. The number of hydrogen-bond acceptors (Lipinski definition) is 8. The van der Waals surface area contributed by atoms with Gasteiger partial charge in [-0.15, -0.1) is 12.4 Å². The lowest BCUT2D eigenvalue weighted by Crippen LogP contribution is -2.09. The first kappa shape index (κ1) is 33.9. The quantitative estimate of drug-likeness (QED) is 0.172. The van der Waals surface area contributed by atoms with Gasteiger partial charge in [0, 0.05) is 36.4 Å². The molecule has 0 unspecified atom stereocenters. The van der Waals surface area contributed by atoms with Gasteiger partial charge < -0.3 is 10.6 Å². The topological polar surface area (TPSA) is 110 Å². The zero-order valence-electron chi connectivity index (χ0n) is 23.9. The number of anilines is 4. The molecule has 0 atom stereocenters. The number of alkyl halides is 6. The van der Waals surface area contributed by atoms with Crippen molar-refractivity contribution < 1.29 is 26.3 Å². The fourth-order valence-corrected chi connectivity index (χ4v) is 4.53. The van der Waals surface area contributed by atoms with Crippen LogP contribution in [0.2, 0.25) is 5.15 Å². The summed E-state index contributed by atoms with van der Waals surface area (Å²) < 4.78 is 79.5. The number of pyridine rings is 2. The van der Waals surface area contributed by atoms with Crippen LogP contribution in [0.4, 0.5) is 49.4 Å². The number of nitrogens with one attached hydrogen (secondary N) is 2. The largest absolute Gasteiger partial charge is 0.433 e. The summed E-state index contributed by atoms with van der Waals surface area (Å²) in [4.78, 5) is 15.4. The Morgan fingerprint density at radius 1 is 0.604 bits per heavy atom. The molecule has 1 aromatic carbocycles. The van der Waals surface area contributed by atoms with E-state index in [-0.39, 0.29) is 29.2 Å². The van der Waals surface area contributed by atoms with Crippen LogP contribution in [0.5, 0.6) is 0 Å². The summed E-state index contributed by atoms with van der Waals surface area (Å²) in [7, 11) is 0. The van der Waals surface area contributed by atoms with Crippen LogP contribution in [0.1, 0.15) is 11.4 Å². The van der Waals surface area contributed by atoms with Crippen molar-refractivity contribution in [1.82, 2.24) is 39.2 Å². The van der Waals surface area contributed by atoms with E-state index in [0.717, 1.165) is 17.7 Å². The van der Waals surface area contributed by atoms with Crippen LogP contribution < -0.4 is 10.6 Å². The molecular weight excluding hydrogens is 685 g/mol.